The minimum absolute atomic E-state index is 0.0587. The SMILES string of the molecule is CCCCN(C)c1cc(Oc2ccc(CC(=O)Cc3ccc(C)c(C(F)(F)F)c3)cc2)ncn1. The van der Waals surface area contributed by atoms with Crippen molar-refractivity contribution in [3.05, 3.63) is 77.1 Å². The minimum atomic E-state index is -4.44. The molecule has 5 nitrogen and oxygen atoms in total. The van der Waals surface area contributed by atoms with Crippen LogP contribution >= 0.6 is 0 Å². The summed E-state index contributed by atoms with van der Waals surface area (Å²) in [4.78, 5) is 22.9. The van der Waals surface area contributed by atoms with Gasteiger partial charge < -0.3 is 9.64 Å². The molecule has 180 valence electrons. The molecule has 0 N–H and O–H groups in total. The topological polar surface area (TPSA) is 55.3 Å². The summed E-state index contributed by atoms with van der Waals surface area (Å²) in [5.74, 6) is 1.58. The molecule has 0 bridgehead atoms. The number of aromatic nitrogens is 2. The van der Waals surface area contributed by atoms with Crippen LogP contribution in [0.15, 0.2) is 54.9 Å². The van der Waals surface area contributed by atoms with Gasteiger partial charge in [-0.3, -0.25) is 4.79 Å². The van der Waals surface area contributed by atoms with E-state index in [4.69, 9.17) is 4.74 Å². The maximum absolute atomic E-state index is 13.1. The minimum Gasteiger partial charge on any atom is -0.439 e. The van der Waals surface area contributed by atoms with Gasteiger partial charge >= 0.3 is 6.18 Å². The Kier molecular flexibility index (Phi) is 8.26. The summed E-state index contributed by atoms with van der Waals surface area (Å²) in [5.41, 5.74) is 0.543. The molecule has 3 aromatic rings. The summed E-state index contributed by atoms with van der Waals surface area (Å²) in [7, 11) is 1.97. The molecule has 0 fully saturated rings. The Morgan fingerprint density at radius 3 is 2.35 bits per heavy atom. The summed E-state index contributed by atoms with van der Waals surface area (Å²) in [5, 5.41) is 0. The van der Waals surface area contributed by atoms with Crippen molar-refractivity contribution in [3.63, 3.8) is 0 Å². The second kappa shape index (κ2) is 11.1. The lowest BCUT2D eigenvalue weighted by Crippen LogP contribution is -2.19. The molecular weight excluding hydrogens is 443 g/mol. The number of alkyl halides is 3. The number of carbonyl (C=O) groups is 1. The molecule has 0 atom stereocenters. The maximum atomic E-state index is 13.1. The molecule has 0 saturated heterocycles. The molecule has 0 radical (unpaired) electrons. The number of unbranched alkanes of at least 4 members (excludes halogenated alkanes) is 1. The highest BCUT2D eigenvalue weighted by atomic mass is 19.4. The number of hydrogen-bond acceptors (Lipinski definition) is 5. The first-order valence-electron chi connectivity index (χ1n) is 11.1. The van der Waals surface area contributed by atoms with Crippen LogP contribution in [0.3, 0.4) is 0 Å². The van der Waals surface area contributed by atoms with Gasteiger partial charge in [0, 0.05) is 32.5 Å². The van der Waals surface area contributed by atoms with E-state index in [1.54, 1.807) is 36.4 Å². The maximum Gasteiger partial charge on any atom is 0.416 e. The van der Waals surface area contributed by atoms with Crippen LogP contribution in [0.25, 0.3) is 0 Å². The van der Waals surface area contributed by atoms with Crippen LogP contribution in [0.4, 0.5) is 19.0 Å². The fourth-order valence-corrected chi connectivity index (χ4v) is 3.50. The van der Waals surface area contributed by atoms with Crippen LogP contribution in [-0.2, 0) is 23.8 Å². The molecule has 2 aromatic carbocycles. The highest BCUT2D eigenvalue weighted by Gasteiger charge is 2.32. The third kappa shape index (κ3) is 7.04. The second-order valence-electron chi connectivity index (χ2n) is 8.27. The number of rotatable bonds is 10. The molecular formula is C26H28F3N3O2. The predicted molar refractivity (Wildman–Crippen MR) is 125 cm³/mol. The van der Waals surface area contributed by atoms with Crippen molar-refractivity contribution in [1.82, 2.24) is 9.97 Å². The molecule has 0 spiro atoms. The highest BCUT2D eigenvalue weighted by Crippen LogP contribution is 2.32. The van der Waals surface area contributed by atoms with Gasteiger partial charge in [-0.15, -0.1) is 0 Å². The Labute approximate surface area is 197 Å². The first-order valence-corrected chi connectivity index (χ1v) is 11.1. The van der Waals surface area contributed by atoms with E-state index in [-0.39, 0.29) is 24.2 Å². The molecule has 0 aliphatic carbocycles. The fourth-order valence-electron chi connectivity index (χ4n) is 3.50. The Hall–Kier alpha value is -3.42. The zero-order valence-corrected chi connectivity index (χ0v) is 19.5. The Morgan fingerprint density at radius 2 is 1.68 bits per heavy atom. The van der Waals surface area contributed by atoms with E-state index in [0.717, 1.165) is 36.8 Å². The molecule has 0 aliphatic heterocycles. The monoisotopic (exact) mass is 471 g/mol. The summed E-state index contributed by atoms with van der Waals surface area (Å²) in [6.07, 6.45) is -0.770. The molecule has 34 heavy (non-hydrogen) atoms. The quantitative estimate of drug-likeness (QED) is 0.353. The summed E-state index contributed by atoms with van der Waals surface area (Å²) in [6, 6.07) is 12.8. The lowest BCUT2D eigenvalue weighted by atomic mass is 9.99. The van der Waals surface area contributed by atoms with Gasteiger partial charge in [0.1, 0.15) is 23.7 Å². The molecule has 0 unspecified atom stereocenters. The average molecular weight is 472 g/mol. The smallest absolute Gasteiger partial charge is 0.416 e. The van der Waals surface area contributed by atoms with E-state index in [1.165, 1.54) is 19.3 Å². The standard InChI is InChI=1S/C26H28F3N3O2/c1-4-5-12-32(3)24-16-25(31-17-30-24)34-22-10-8-19(9-11-22)13-21(33)14-20-7-6-18(2)23(15-20)26(27,28)29/h6-11,15-17H,4-5,12-14H2,1-3H3. The van der Waals surface area contributed by atoms with Gasteiger partial charge in [0.05, 0.1) is 5.56 Å². The van der Waals surface area contributed by atoms with E-state index in [9.17, 15) is 18.0 Å². The van der Waals surface area contributed by atoms with Crippen LogP contribution in [0.5, 0.6) is 11.6 Å². The van der Waals surface area contributed by atoms with Crippen molar-refractivity contribution < 1.29 is 22.7 Å². The van der Waals surface area contributed by atoms with Gasteiger partial charge in [-0.25, -0.2) is 9.97 Å². The van der Waals surface area contributed by atoms with E-state index >= 15 is 0 Å². The molecule has 0 amide bonds. The number of carbonyl (C=O) groups excluding carboxylic acids is 1. The number of benzene rings is 2. The first kappa shape index (κ1) is 25.2. The second-order valence-corrected chi connectivity index (χ2v) is 8.27. The molecule has 8 heteroatoms. The van der Waals surface area contributed by atoms with Crippen LogP contribution < -0.4 is 9.64 Å². The zero-order valence-electron chi connectivity index (χ0n) is 19.5. The van der Waals surface area contributed by atoms with Gasteiger partial charge in [-0.2, -0.15) is 13.2 Å². The number of nitrogens with zero attached hydrogens (tertiary/aromatic N) is 3. The summed E-state index contributed by atoms with van der Waals surface area (Å²) < 4.78 is 45.1. The van der Waals surface area contributed by atoms with Gasteiger partial charge in [0.2, 0.25) is 5.88 Å². The van der Waals surface area contributed by atoms with Crippen LogP contribution in [0, 0.1) is 6.92 Å². The Bertz CT molecular complexity index is 1120. The zero-order chi connectivity index (χ0) is 24.7. The van der Waals surface area contributed by atoms with E-state index < -0.39 is 11.7 Å². The number of hydrogen-bond donors (Lipinski definition) is 0. The van der Waals surface area contributed by atoms with E-state index in [2.05, 4.69) is 16.9 Å². The van der Waals surface area contributed by atoms with Crippen molar-refractivity contribution in [2.75, 3.05) is 18.5 Å². The lowest BCUT2D eigenvalue weighted by molar-refractivity contribution is -0.138. The Balaban J connectivity index is 1.60. The normalized spacial score (nSPS) is 11.4. The number of anilines is 1. The first-order chi connectivity index (χ1) is 16.2. The predicted octanol–water partition coefficient (Wildman–Crippen LogP) is 6.19. The van der Waals surface area contributed by atoms with Crippen LogP contribution in [0.1, 0.15) is 42.0 Å². The number of Topliss-reactive ketones (excluding diaryl/α,β-unsaturated/α-hetero) is 1. The van der Waals surface area contributed by atoms with Gasteiger partial charge in [-0.05, 0) is 48.2 Å². The third-order valence-electron chi connectivity index (χ3n) is 5.42. The number of ketones is 1. The van der Waals surface area contributed by atoms with Crippen molar-refractivity contribution in [3.8, 4) is 11.6 Å². The molecule has 1 aromatic heterocycles. The molecule has 1 heterocycles. The number of halogens is 3. The lowest BCUT2D eigenvalue weighted by Gasteiger charge is -2.17. The van der Waals surface area contributed by atoms with Crippen molar-refractivity contribution >= 4 is 11.6 Å². The van der Waals surface area contributed by atoms with E-state index in [0.29, 0.717) is 17.2 Å². The van der Waals surface area contributed by atoms with E-state index in [1.807, 2.05) is 11.9 Å². The van der Waals surface area contributed by atoms with Crippen LogP contribution in [0.2, 0.25) is 0 Å². The molecule has 0 aliphatic rings. The van der Waals surface area contributed by atoms with Crippen molar-refractivity contribution in [1.29, 1.82) is 0 Å². The molecule has 0 saturated carbocycles. The largest absolute Gasteiger partial charge is 0.439 e. The van der Waals surface area contributed by atoms with Crippen molar-refractivity contribution in [2.45, 2.75) is 45.7 Å². The van der Waals surface area contributed by atoms with Gasteiger partial charge in [0.25, 0.3) is 0 Å². The highest BCUT2D eigenvalue weighted by molar-refractivity contribution is 5.83. The fraction of sp³-hybridized carbons (Fsp3) is 0.346. The summed E-state index contributed by atoms with van der Waals surface area (Å²) in [6.45, 7) is 4.42. The third-order valence-corrected chi connectivity index (χ3v) is 5.42. The van der Waals surface area contributed by atoms with Gasteiger partial charge in [0.15, 0.2) is 0 Å². The number of ether oxygens (including phenoxy) is 1. The Morgan fingerprint density at radius 1 is 1.00 bits per heavy atom. The number of aryl methyl sites for hydroxylation is 1. The van der Waals surface area contributed by atoms with Gasteiger partial charge in [-0.1, -0.05) is 37.6 Å². The molecule has 3 rings (SSSR count). The average Bonchev–Trinajstić information content (AvgIpc) is 2.79. The van der Waals surface area contributed by atoms with Crippen molar-refractivity contribution in [2.24, 2.45) is 0 Å². The summed E-state index contributed by atoms with van der Waals surface area (Å²) >= 11 is 0. The van der Waals surface area contributed by atoms with Crippen LogP contribution in [-0.4, -0.2) is 29.3 Å².